The maximum Gasteiger partial charge on any atom is 0.401 e. The molecule has 0 atom stereocenters. The standard InChI is InChI=1S/C12H22F3N3O/c1-2-5-17-11(19)8-18(9-12(13,14)15)10-3-6-16-7-4-10/h10,16H,2-9H2,1H3,(H,17,19). The van der Waals surface area contributed by atoms with Gasteiger partial charge in [-0.1, -0.05) is 6.92 Å². The van der Waals surface area contributed by atoms with Gasteiger partial charge in [-0.15, -0.1) is 0 Å². The maximum atomic E-state index is 12.6. The van der Waals surface area contributed by atoms with Gasteiger partial charge in [0.25, 0.3) is 0 Å². The van der Waals surface area contributed by atoms with E-state index in [1.54, 1.807) is 0 Å². The van der Waals surface area contributed by atoms with Gasteiger partial charge in [0.1, 0.15) is 0 Å². The summed E-state index contributed by atoms with van der Waals surface area (Å²) in [5.74, 6) is -0.329. The van der Waals surface area contributed by atoms with Gasteiger partial charge in [0.05, 0.1) is 13.1 Å². The SMILES string of the molecule is CCCNC(=O)CN(CC(F)(F)F)C1CCNCC1. The van der Waals surface area contributed by atoms with Crippen LogP contribution >= 0.6 is 0 Å². The van der Waals surface area contributed by atoms with Gasteiger partial charge in [0, 0.05) is 12.6 Å². The fourth-order valence-electron chi connectivity index (χ4n) is 2.22. The lowest BCUT2D eigenvalue weighted by Crippen LogP contribution is -2.50. The summed E-state index contributed by atoms with van der Waals surface area (Å²) in [6.07, 6.45) is -2.19. The number of carbonyl (C=O) groups is 1. The van der Waals surface area contributed by atoms with Crippen LogP contribution in [-0.4, -0.2) is 55.7 Å². The number of hydrogen-bond donors (Lipinski definition) is 2. The molecule has 0 aromatic carbocycles. The summed E-state index contributed by atoms with van der Waals surface area (Å²) in [6, 6.07) is -0.171. The molecule has 0 spiro atoms. The van der Waals surface area contributed by atoms with Crippen molar-refractivity contribution in [3.05, 3.63) is 0 Å². The van der Waals surface area contributed by atoms with Gasteiger partial charge >= 0.3 is 6.18 Å². The van der Waals surface area contributed by atoms with E-state index in [-0.39, 0.29) is 18.5 Å². The Morgan fingerprint density at radius 3 is 2.53 bits per heavy atom. The molecule has 1 amide bonds. The van der Waals surface area contributed by atoms with E-state index in [0.29, 0.717) is 32.5 Å². The zero-order valence-electron chi connectivity index (χ0n) is 11.2. The van der Waals surface area contributed by atoms with E-state index in [1.807, 2.05) is 6.92 Å². The van der Waals surface area contributed by atoms with Gasteiger partial charge in [-0.25, -0.2) is 0 Å². The molecule has 19 heavy (non-hydrogen) atoms. The molecule has 7 heteroatoms. The van der Waals surface area contributed by atoms with Crippen molar-refractivity contribution in [2.75, 3.05) is 32.7 Å². The first-order valence-electron chi connectivity index (χ1n) is 6.70. The number of nitrogens with one attached hydrogen (secondary N) is 2. The minimum absolute atomic E-state index is 0.171. The zero-order chi connectivity index (χ0) is 14.3. The van der Waals surface area contributed by atoms with Gasteiger partial charge < -0.3 is 10.6 Å². The lowest BCUT2D eigenvalue weighted by molar-refractivity contribution is -0.154. The van der Waals surface area contributed by atoms with Gasteiger partial charge in [0.2, 0.25) is 5.91 Å². The number of amides is 1. The molecule has 0 bridgehead atoms. The predicted octanol–water partition coefficient (Wildman–Crippen LogP) is 1.13. The van der Waals surface area contributed by atoms with Crippen LogP contribution in [0.25, 0.3) is 0 Å². The highest BCUT2D eigenvalue weighted by atomic mass is 19.4. The largest absolute Gasteiger partial charge is 0.401 e. The minimum atomic E-state index is -4.27. The quantitative estimate of drug-likeness (QED) is 0.767. The Morgan fingerprint density at radius 2 is 2.00 bits per heavy atom. The molecule has 0 saturated carbocycles. The van der Waals surface area contributed by atoms with Crippen molar-refractivity contribution in [1.29, 1.82) is 0 Å². The highest BCUT2D eigenvalue weighted by molar-refractivity contribution is 5.78. The first kappa shape index (κ1) is 16.2. The molecule has 2 N–H and O–H groups in total. The highest BCUT2D eigenvalue weighted by Crippen LogP contribution is 2.20. The van der Waals surface area contributed by atoms with Crippen molar-refractivity contribution in [3.63, 3.8) is 0 Å². The van der Waals surface area contributed by atoms with Crippen LogP contribution in [-0.2, 0) is 4.79 Å². The molecule has 0 radical (unpaired) electrons. The molecule has 1 aliphatic heterocycles. The van der Waals surface area contributed by atoms with Crippen molar-refractivity contribution in [3.8, 4) is 0 Å². The fourth-order valence-corrected chi connectivity index (χ4v) is 2.22. The topological polar surface area (TPSA) is 44.4 Å². The van der Waals surface area contributed by atoms with Crippen molar-refractivity contribution in [2.24, 2.45) is 0 Å². The van der Waals surface area contributed by atoms with Crippen molar-refractivity contribution >= 4 is 5.91 Å². The Kier molecular flexibility index (Phi) is 6.57. The third kappa shape index (κ3) is 6.77. The summed E-state index contributed by atoms with van der Waals surface area (Å²) in [7, 11) is 0. The molecule has 4 nitrogen and oxygen atoms in total. The first-order valence-corrected chi connectivity index (χ1v) is 6.70. The lowest BCUT2D eigenvalue weighted by atomic mass is 10.0. The summed E-state index contributed by atoms with van der Waals surface area (Å²) < 4.78 is 37.7. The van der Waals surface area contributed by atoms with Gasteiger partial charge in [0.15, 0.2) is 0 Å². The molecule has 0 aliphatic carbocycles. The van der Waals surface area contributed by atoms with Crippen LogP contribution in [0.2, 0.25) is 0 Å². The van der Waals surface area contributed by atoms with E-state index in [9.17, 15) is 18.0 Å². The molecule has 1 rings (SSSR count). The summed E-state index contributed by atoms with van der Waals surface area (Å²) in [4.78, 5) is 12.9. The number of hydrogen-bond acceptors (Lipinski definition) is 3. The number of piperidine rings is 1. The summed E-state index contributed by atoms with van der Waals surface area (Å²) in [5, 5.41) is 5.74. The average Bonchev–Trinajstić information content (AvgIpc) is 2.35. The highest BCUT2D eigenvalue weighted by Gasteiger charge is 2.35. The van der Waals surface area contributed by atoms with Crippen LogP contribution < -0.4 is 10.6 Å². The van der Waals surface area contributed by atoms with Crippen LogP contribution in [0.4, 0.5) is 13.2 Å². The Hall–Kier alpha value is -0.820. The van der Waals surface area contributed by atoms with E-state index in [2.05, 4.69) is 10.6 Å². The van der Waals surface area contributed by atoms with E-state index in [4.69, 9.17) is 0 Å². The second-order valence-electron chi connectivity index (χ2n) is 4.85. The number of carbonyl (C=O) groups excluding carboxylic acids is 1. The van der Waals surface area contributed by atoms with E-state index in [1.165, 1.54) is 4.90 Å². The monoisotopic (exact) mass is 281 g/mol. The molecular formula is C12H22F3N3O. The summed E-state index contributed by atoms with van der Waals surface area (Å²) >= 11 is 0. The van der Waals surface area contributed by atoms with Gasteiger partial charge in [-0.3, -0.25) is 9.69 Å². The number of nitrogens with zero attached hydrogens (tertiary/aromatic N) is 1. The second kappa shape index (κ2) is 7.69. The smallest absolute Gasteiger partial charge is 0.355 e. The average molecular weight is 281 g/mol. The first-order chi connectivity index (χ1) is 8.92. The summed E-state index contributed by atoms with van der Waals surface area (Å²) in [6.45, 7) is 2.62. The molecule has 1 aliphatic rings. The normalized spacial score (nSPS) is 17.7. The van der Waals surface area contributed by atoms with Crippen LogP contribution in [0.1, 0.15) is 26.2 Å². The third-order valence-corrected chi connectivity index (χ3v) is 3.13. The Morgan fingerprint density at radius 1 is 1.37 bits per heavy atom. The molecule has 112 valence electrons. The molecule has 1 saturated heterocycles. The van der Waals surface area contributed by atoms with Crippen LogP contribution in [0.15, 0.2) is 0 Å². The molecule has 1 heterocycles. The Balaban J connectivity index is 2.55. The molecular weight excluding hydrogens is 259 g/mol. The van der Waals surface area contributed by atoms with Crippen molar-refractivity contribution < 1.29 is 18.0 Å². The van der Waals surface area contributed by atoms with E-state index < -0.39 is 12.7 Å². The van der Waals surface area contributed by atoms with Crippen LogP contribution in [0.5, 0.6) is 0 Å². The van der Waals surface area contributed by atoms with E-state index in [0.717, 1.165) is 6.42 Å². The van der Waals surface area contributed by atoms with Crippen LogP contribution in [0, 0.1) is 0 Å². The van der Waals surface area contributed by atoms with Gasteiger partial charge in [-0.05, 0) is 32.4 Å². The third-order valence-electron chi connectivity index (χ3n) is 3.13. The molecule has 0 unspecified atom stereocenters. The maximum absolute atomic E-state index is 12.6. The Bertz CT molecular complexity index is 278. The second-order valence-corrected chi connectivity index (χ2v) is 4.85. The zero-order valence-corrected chi connectivity index (χ0v) is 11.2. The predicted molar refractivity (Wildman–Crippen MR) is 66.8 cm³/mol. The summed E-state index contributed by atoms with van der Waals surface area (Å²) in [5.41, 5.74) is 0. The van der Waals surface area contributed by atoms with Crippen molar-refractivity contribution in [2.45, 2.75) is 38.4 Å². The Labute approximate surface area is 111 Å². The number of halogens is 3. The molecule has 0 aromatic heterocycles. The number of rotatable bonds is 6. The fraction of sp³-hybridized carbons (Fsp3) is 0.917. The molecule has 0 aromatic rings. The minimum Gasteiger partial charge on any atom is -0.355 e. The van der Waals surface area contributed by atoms with Crippen LogP contribution in [0.3, 0.4) is 0 Å². The molecule has 1 fully saturated rings. The van der Waals surface area contributed by atoms with Crippen molar-refractivity contribution in [1.82, 2.24) is 15.5 Å². The van der Waals surface area contributed by atoms with E-state index >= 15 is 0 Å². The van der Waals surface area contributed by atoms with Gasteiger partial charge in [-0.2, -0.15) is 13.2 Å². The number of alkyl halides is 3. The lowest BCUT2D eigenvalue weighted by Gasteiger charge is -2.34.